The van der Waals surface area contributed by atoms with Gasteiger partial charge in [-0.2, -0.15) is 0 Å². The minimum absolute atomic E-state index is 0.323. The van der Waals surface area contributed by atoms with Crippen molar-refractivity contribution in [3.05, 3.63) is 58.1 Å². The second-order valence-corrected chi connectivity index (χ2v) is 5.96. The van der Waals surface area contributed by atoms with Crippen molar-refractivity contribution in [1.29, 1.82) is 0 Å². The third-order valence-electron chi connectivity index (χ3n) is 3.62. The highest BCUT2D eigenvalue weighted by Crippen LogP contribution is 2.16. The van der Waals surface area contributed by atoms with Crippen molar-refractivity contribution in [1.82, 2.24) is 5.32 Å². The molecule has 0 spiro atoms. The molecule has 0 unspecified atom stereocenters. The lowest BCUT2D eigenvalue weighted by Crippen LogP contribution is -2.31. The Labute approximate surface area is 139 Å². The van der Waals surface area contributed by atoms with Gasteiger partial charge < -0.3 is 20.3 Å². The molecule has 0 aromatic heterocycles. The third-order valence-corrected chi connectivity index (χ3v) is 3.84. The zero-order chi connectivity index (χ0) is 16.4. The molecule has 0 atom stereocenters. The lowest BCUT2D eigenvalue weighted by molar-refractivity contribution is 0.251. The predicted molar refractivity (Wildman–Crippen MR) is 90.9 cm³/mol. The number of fused-ring (bicyclic) bond motifs is 1. The van der Waals surface area contributed by atoms with E-state index in [9.17, 15) is 9.82 Å². The average molecular weight is 331 g/mol. The number of carbonyl (C=O) groups excluding carboxylic acids is 1. The summed E-state index contributed by atoms with van der Waals surface area (Å²) >= 11 is 6.00. The van der Waals surface area contributed by atoms with Gasteiger partial charge in [-0.1, -0.05) is 23.7 Å². The Morgan fingerprint density at radius 2 is 2.17 bits per heavy atom. The van der Waals surface area contributed by atoms with Gasteiger partial charge in [0.2, 0.25) is 0 Å². The highest BCUT2D eigenvalue weighted by molar-refractivity contribution is 6.61. The van der Waals surface area contributed by atoms with Crippen LogP contribution in [0.4, 0.5) is 10.5 Å². The van der Waals surface area contributed by atoms with E-state index in [1.807, 2.05) is 31.2 Å². The molecule has 1 aliphatic rings. The minimum Gasteiger partial charge on any atom is -0.423 e. The van der Waals surface area contributed by atoms with Gasteiger partial charge in [-0.3, -0.25) is 0 Å². The Morgan fingerprint density at radius 1 is 1.35 bits per heavy atom. The topological polar surface area (TPSA) is 70.6 Å². The fourth-order valence-corrected chi connectivity index (χ4v) is 2.88. The molecule has 2 amide bonds. The fraction of sp³-hybridized carbons (Fsp3) is 0.188. The molecule has 7 heteroatoms. The molecule has 2 aromatic rings. The summed E-state index contributed by atoms with van der Waals surface area (Å²) in [6, 6.07) is 10.7. The highest BCUT2D eigenvalue weighted by atomic mass is 35.5. The molecule has 0 saturated heterocycles. The van der Waals surface area contributed by atoms with Crippen molar-refractivity contribution in [2.45, 2.75) is 20.1 Å². The van der Waals surface area contributed by atoms with Gasteiger partial charge in [-0.25, -0.2) is 4.79 Å². The molecule has 0 radical (unpaired) electrons. The molecule has 3 N–H and O–H groups in total. The predicted octanol–water partition coefficient (Wildman–Crippen LogP) is 2.19. The Balaban J connectivity index is 1.60. The molecule has 23 heavy (non-hydrogen) atoms. The van der Waals surface area contributed by atoms with Crippen molar-refractivity contribution in [3.63, 3.8) is 0 Å². The van der Waals surface area contributed by atoms with E-state index in [-0.39, 0.29) is 6.03 Å². The van der Waals surface area contributed by atoms with Gasteiger partial charge in [0.15, 0.2) is 0 Å². The molecular weight excluding hydrogens is 314 g/mol. The van der Waals surface area contributed by atoms with E-state index in [4.69, 9.17) is 16.3 Å². The molecular formula is C16H16BClN2O3. The maximum atomic E-state index is 12.0. The van der Waals surface area contributed by atoms with Gasteiger partial charge in [-0.05, 0) is 53.3 Å². The molecule has 3 rings (SSSR count). The van der Waals surface area contributed by atoms with Crippen molar-refractivity contribution in [3.8, 4) is 0 Å². The standard InChI is InChI=1S/C16H16BClN2O3/c1-10-4-11(6-13(18)5-10)8-19-16(21)20-14-3-2-12-9-23-17(22)15(12)7-14/h2-7,22H,8-9H2,1H3,(H2,19,20,21). The molecule has 1 heterocycles. The number of anilines is 1. The highest BCUT2D eigenvalue weighted by Gasteiger charge is 2.27. The quantitative estimate of drug-likeness (QED) is 0.756. The van der Waals surface area contributed by atoms with Crippen LogP contribution >= 0.6 is 11.6 Å². The zero-order valence-corrected chi connectivity index (χ0v) is 13.4. The van der Waals surface area contributed by atoms with Gasteiger partial charge in [0.25, 0.3) is 0 Å². The summed E-state index contributed by atoms with van der Waals surface area (Å²) in [4.78, 5) is 12.0. The summed E-state index contributed by atoms with van der Waals surface area (Å²) in [5.41, 5.74) is 4.20. The van der Waals surface area contributed by atoms with Crippen molar-refractivity contribution in [2.75, 3.05) is 5.32 Å². The molecule has 5 nitrogen and oxygen atoms in total. The first-order valence-corrected chi connectivity index (χ1v) is 7.62. The van der Waals surface area contributed by atoms with E-state index in [1.165, 1.54) is 0 Å². The summed E-state index contributed by atoms with van der Waals surface area (Å²) in [5.74, 6) is 0. The van der Waals surface area contributed by atoms with Crippen LogP contribution in [0.2, 0.25) is 5.02 Å². The second kappa shape index (κ2) is 6.62. The fourth-order valence-electron chi connectivity index (χ4n) is 2.56. The summed E-state index contributed by atoms with van der Waals surface area (Å²) in [5, 5.41) is 15.8. The van der Waals surface area contributed by atoms with Crippen LogP contribution in [0, 0.1) is 6.92 Å². The van der Waals surface area contributed by atoms with Gasteiger partial charge in [0.05, 0.1) is 6.61 Å². The van der Waals surface area contributed by atoms with Crippen LogP contribution < -0.4 is 16.1 Å². The van der Waals surface area contributed by atoms with Crippen LogP contribution in [-0.4, -0.2) is 18.2 Å². The van der Waals surface area contributed by atoms with Gasteiger partial charge >= 0.3 is 13.1 Å². The third kappa shape index (κ3) is 3.85. The molecule has 118 valence electrons. The number of benzene rings is 2. The van der Waals surface area contributed by atoms with Crippen molar-refractivity contribution < 1.29 is 14.5 Å². The maximum Gasteiger partial charge on any atom is 0.491 e. The van der Waals surface area contributed by atoms with E-state index >= 15 is 0 Å². The Bertz CT molecular complexity index is 734. The van der Waals surface area contributed by atoms with E-state index in [2.05, 4.69) is 10.6 Å². The molecule has 0 fully saturated rings. The van der Waals surface area contributed by atoms with E-state index in [1.54, 1.807) is 12.1 Å². The summed E-state index contributed by atoms with van der Waals surface area (Å²) in [6.07, 6.45) is 0. The van der Waals surface area contributed by atoms with Gasteiger partial charge in [0.1, 0.15) is 0 Å². The first-order chi connectivity index (χ1) is 11.0. The zero-order valence-electron chi connectivity index (χ0n) is 12.6. The summed E-state index contributed by atoms with van der Waals surface area (Å²) in [6.45, 7) is 2.72. The second-order valence-electron chi connectivity index (χ2n) is 5.52. The number of urea groups is 1. The molecule has 0 saturated carbocycles. The summed E-state index contributed by atoms with van der Waals surface area (Å²) in [7, 11) is -0.927. The SMILES string of the molecule is Cc1cc(Cl)cc(CNC(=O)Nc2ccc3c(c2)B(O)OC3)c1. The normalized spacial score (nSPS) is 12.9. The van der Waals surface area contributed by atoms with Crippen LogP contribution in [0.15, 0.2) is 36.4 Å². The number of hydrogen-bond acceptors (Lipinski definition) is 3. The minimum atomic E-state index is -0.927. The largest absolute Gasteiger partial charge is 0.491 e. The van der Waals surface area contributed by atoms with Gasteiger partial charge in [-0.15, -0.1) is 0 Å². The molecule has 2 aromatic carbocycles. The van der Waals surface area contributed by atoms with Crippen LogP contribution in [0.5, 0.6) is 0 Å². The molecule has 0 aliphatic carbocycles. The van der Waals surface area contributed by atoms with Crippen LogP contribution in [0.25, 0.3) is 0 Å². The van der Waals surface area contributed by atoms with E-state index in [0.29, 0.717) is 29.3 Å². The lowest BCUT2D eigenvalue weighted by Gasteiger charge is -2.10. The average Bonchev–Trinajstić information content (AvgIpc) is 2.85. The number of hydrogen-bond donors (Lipinski definition) is 3. The molecule has 1 aliphatic heterocycles. The van der Waals surface area contributed by atoms with E-state index in [0.717, 1.165) is 16.7 Å². The lowest BCUT2D eigenvalue weighted by atomic mass is 9.79. The Hall–Kier alpha value is -2.02. The first kappa shape index (κ1) is 15.9. The maximum absolute atomic E-state index is 12.0. The smallest absolute Gasteiger partial charge is 0.423 e. The Morgan fingerprint density at radius 3 is 2.96 bits per heavy atom. The molecule has 0 bridgehead atoms. The van der Waals surface area contributed by atoms with Crippen molar-refractivity contribution in [2.24, 2.45) is 0 Å². The van der Waals surface area contributed by atoms with Gasteiger partial charge in [0, 0.05) is 17.3 Å². The number of aryl methyl sites for hydroxylation is 1. The van der Waals surface area contributed by atoms with Crippen molar-refractivity contribution >= 4 is 35.9 Å². The number of rotatable bonds is 3. The monoisotopic (exact) mass is 330 g/mol. The van der Waals surface area contributed by atoms with Crippen LogP contribution in [0.3, 0.4) is 0 Å². The van der Waals surface area contributed by atoms with Crippen LogP contribution in [-0.2, 0) is 17.8 Å². The number of amides is 2. The van der Waals surface area contributed by atoms with E-state index < -0.39 is 7.12 Å². The number of halogens is 1. The Kier molecular flexibility index (Phi) is 4.57. The number of nitrogens with one attached hydrogen (secondary N) is 2. The first-order valence-electron chi connectivity index (χ1n) is 7.25. The van der Waals surface area contributed by atoms with Crippen LogP contribution in [0.1, 0.15) is 16.7 Å². The number of carbonyl (C=O) groups is 1. The summed E-state index contributed by atoms with van der Waals surface area (Å²) < 4.78 is 5.13.